The lowest BCUT2D eigenvalue weighted by atomic mass is 10.0. The van der Waals surface area contributed by atoms with Gasteiger partial charge >= 0.3 is 0 Å². The Morgan fingerprint density at radius 2 is 1.66 bits per heavy atom. The molecule has 3 rings (SSSR count). The molecule has 0 unspecified atom stereocenters. The largest absolute Gasteiger partial charge is 0.484 e. The maximum atomic E-state index is 13.3. The van der Waals surface area contributed by atoms with Gasteiger partial charge in [0.25, 0.3) is 5.91 Å². The van der Waals surface area contributed by atoms with Crippen LogP contribution < -0.4 is 10.1 Å². The number of hydrogen-bond acceptors (Lipinski definition) is 3. The summed E-state index contributed by atoms with van der Waals surface area (Å²) in [5, 5.41) is 3.27. The molecule has 3 aromatic rings. The number of aryl methyl sites for hydroxylation is 1. The van der Waals surface area contributed by atoms with Crippen molar-refractivity contribution < 1.29 is 14.3 Å². The average Bonchev–Trinajstić information content (AvgIpc) is 2.81. The Morgan fingerprint density at radius 1 is 0.969 bits per heavy atom. The summed E-state index contributed by atoms with van der Waals surface area (Å²) < 4.78 is 5.73. The zero-order valence-electron chi connectivity index (χ0n) is 18.3. The molecule has 2 amide bonds. The Labute approximate surface area is 194 Å². The van der Waals surface area contributed by atoms with Crippen molar-refractivity contribution in [3.63, 3.8) is 0 Å². The molecule has 0 heterocycles. The SMILES string of the molecule is CNC(=O)[C@@H](Cc1ccccc1)N(Cc1cccc(Cl)c1)C(=O)COc1ccc(C)cc1. The van der Waals surface area contributed by atoms with Crippen LogP contribution in [0.5, 0.6) is 5.75 Å². The molecule has 0 aliphatic heterocycles. The van der Waals surface area contributed by atoms with E-state index < -0.39 is 6.04 Å². The van der Waals surface area contributed by atoms with E-state index in [9.17, 15) is 9.59 Å². The van der Waals surface area contributed by atoms with E-state index in [4.69, 9.17) is 16.3 Å². The summed E-state index contributed by atoms with van der Waals surface area (Å²) in [6, 6.07) is 23.7. The maximum Gasteiger partial charge on any atom is 0.261 e. The van der Waals surface area contributed by atoms with Gasteiger partial charge in [0.05, 0.1) is 0 Å². The molecule has 0 aliphatic carbocycles. The molecule has 0 fully saturated rings. The van der Waals surface area contributed by atoms with Gasteiger partial charge in [0.1, 0.15) is 11.8 Å². The molecule has 0 aromatic heterocycles. The summed E-state index contributed by atoms with van der Waals surface area (Å²) in [5.74, 6) is 0.0841. The first-order valence-corrected chi connectivity index (χ1v) is 10.8. The van der Waals surface area contributed by atoms with Gasteiger partial charge in [0.2, 0.25) is 5.91 Å². The van der Waals surface area contributed by atoms with E-state index in [2.05, 4.69) is 5.32 Å². The first-order chi connectivity index (χ1) is 15.5. The van der Waals surface area contributed by atoms with Gasteiger partial charge in [-0.2, -0.15) is 0 Å². The number of benzene rings is 3. The fourth-order valence-corrected chi connectivity index (χ4v) is 3.63. The zero-order valence-corrected chi connectivity index (χ0v) is 19.0. The predicted molar refractivity (Wildman–Crippen MR) is 127 cm³/mol. The van der Waals surface area contributed by atoms with E-state index in [0.717, 1.165) is 16.7 Å². The number of likely N-dealkylation sites (N-methyl/N-ethyl adjacent to an activating group) is 1. The summed E-state index contributed by atoms with van der Waals surface area (Å²) in [4.78, 5) is 27.7. The summed E-state index contributed by atoms with van der Waals surface area (Å²) in [7, 11) is 1.57. The van der Waals surface area contributed by atoms with Gasteiger partial charge in [-0.15, -0.1) is 0 Å². The summed E-state index contributed by atoms with van der Waals surface area (Å²) in [6.45, 7) is 2.05. The van der Waals surface area contributed by atoms with E-state index in [1.807, 2.05) is 73.7 Å². The fraction of sp³-hybridized carbons (Fsp3) is 0.231. The molecule has 0 spiro atoms. The van der Waals surface area contributed by atoms with E-state index in [1.54, 1.807) is 24.1 Å². The molecule has 0 saturated carbocycles. The highest BCUT2D eigenvalue weighted by Gasteiger charge is 2.30. The number of carbonyl (C=O) groups is 2. The lowest BCUT2D eigenvalue weighted by Crippen LogP contribution is -2.51. The molecular weight excluding hydrogens is 424 g/mol. The molecule has 0 radical (unpaired) electrons. The first-order valence-electron chi connectivity index (χ1n) is 10.4. The van der Waals surface area contributed by atoms with Crippen LogP contribution in [0.15, 0.2) is 78.9 Å². The number of rotatable bonds is 9. The molecule has 32 heavy (non-hydrogen) atoms. The normalized spacial score (nSPS) is 11.5. The van der Waals surface area contributed by atoms with Crippen LogP contribution in [0.25, 0.3) is 0 Å². The lowest BCUT2D eigenvalue weighted by Gasteiger charge is -2.31. The van der Waals surface area contributed by atoms with Crippen molar-refractivity contribution in [1.82, 2.24) is 10.2 Å². The minimum Gasteiger partial charge on any atom is -0.484 e. The van der Waals surface area contributed by atoms with E-state index in [1.165, 1.54) is 0 Å². The smallest absolute Gasteiger partial charge is 0.261 e. The van der Waals surface area contributed by atoms with Crippen LogP contribution in [0.4, 0.5) is 0 Å². The Bertz CT molecular complexity index is 1040. The molecule has 1 atom stereocenters. The summed E-state index contributed by atoms with van der Waals surface area (Å²) in [6.07, 6.45) is 0.386. The van der Waals surface area contributed by atoms with Crippen molar-refractivity contribution in [3.8, 4) is 5.75 Å². The molecule has 6 heteroatoms. The molecular formula is C26H27ClN2O3. The number of nitrogens with zero attached hydrogens (tertiary/aromatic N) is 1. The van der Waals surface area contributed by atoms with Gasteiger partial charge in [0.15, 0.2) is 6.61 Å². The number of halogens is 1. The lowest BCUT2D eigenvalue weighted by molar-refractivity contribution is -0.142. The number of amides is 2. The Hall–Kier alpha value is -3.31. The van der Waals surface area contributed by atoms with Crippen molar-refractivity contribution in [2.45, 2.75) is 25.9 Å². The molecule has 1 N–H and O–H groups in total. The first kappa shape index (κ1) is 23.4. The number of hydrogen-bond donors (Lipinski definition) is 1. The molecule has 0 aliphatic rings. The van der Waals surface area contributed by atoms with Crippen LogP contribution in [-0.4, -0.2) is 36.4 Å². The third kappa shape index (κ3) is 6.59. The highest BCUT2D eigenvalue weighted by molar-refractivity contribution is 6.30. The van der Waals surface area contributed by atoms with Crippen molar-refractivity contribution in [1.29, 1.82) is 0 Å². The monoisotopic (exact) mass is 450 g/mol. The number of nitrogens with one attached hydrogen (secondary N) is 1. The summed E-state index contributed by atoms with van der Waals surface area (Å²) >= 11 is 6.15. The van der Waals surface area contributed by atoms with Crippen LogP contribution in [0.1, 0.15) is 16.7 Å². The molecule has 0 saturated heterocycles. The van der Waals surface area contributed by atoms with Crippen LogP contribution in [0, 0.1) is 6.92 Å². The highest BCUT2D eigenvalue weighted by Crippen LogP contribution is 2.18. The quantitative estimate of drug-likeness (QED) is 0.525. The second-order valence-electron chi connectivity index (χ2n) is 7.57. The fourth-order valence-electron chi connectivity index (χ4n) is 3.42. The Morgan fingerprint density at radius 3 is 2.31 bits per heavy atom. The van der Waals surface area contributed by atoms with Gasteiger partial charge in [-0.3, -0.25) is 9.59 Å². The third-order valence-electron chi connectivity index (χ3n) is 5.14. The van der Waals surface area contributed by atoms with Gasteiger partial charge < -0.3 is 15.0 Å². The van der Waals surface area contributed by atoms with Crippen molar-refractivity contribution in [3.05, 3.63) is 101 Å². The van der Waals surface area contributed by atoms with E-state index in [-0.39, 0.29) is 25.0 Å². The van der Waals surface area contributed by atoms with Crippen LogP contribution >= 0.6 is 11.6 Å². The maximum absolute atomic E-state index is 13.3. The standard InChI is InChI=1S/C26H27ClN2O3/c1-19-11-13-23(14-12-19)32-18-25(30)29(17-21-9-6-10-22(27)15-21)24(26(31)28-2)16-20-7-4-3-5-8-20/h3-15,24H,16-18H2,1-2H3,(H,28,31)/t24-/m1/s1. The third-order valence-corrected chi connectivity index (χ3v) is 5.38. The van der Waals surface area contributed by atoms with Crippen molar-refractivity contribution >= 4 is 23.4 Å². The van der Waals surface area contributed by atoms with Crippen molar-refractivity contribution in [2.75, 3.05) is 13.7 Å². The second-order valence-corrected chi connectivity index (χ2v) is 8.01. The molecule has 166 valence electrons. The minimum atomic E-state index is -0.699. The minimum absolute atomic E-state index is 0.175. The molecule has 3 aromatic carbocycles. The molecule has 5 nitrogen and oxygen atoms in total. The number of carbonyl (C=O) groups excluding carboxylic acids is 2. The van der Waals surface area contributed by atoms with Gasteiger partial charge in [-0.05, 0) is 42.3 Å². The van der Waals surface area contributed by atoms with Crippen LogP contribution in [0.3, 0.4) is 0 Å². The van der Waals surface area contributed by atoms with E-state index >= 15 is 0 Å². The topological polar surface area (TPSA) is 58.6 Å². The Balaban J connectivity index is 1.86. The second kappa shape index (κ2) is 11.3. The van der Waals surface area contributed by atoms with Crippen LogP contribution in [-0.2, 0) is 22.6 Å². The van der Waals surface area contributed by atoms with Crippen molar-refractivity contribution in [2.24, 2.45) is 0 Å². The average molecular weight is 451 g/mol. The van der Waals surface area contributed by atoms with Crippen LogP contribution in [0.2, 0.25) is 5.02 Å². The highest BCUT2D eigenvalue weighted by atomic mass is 35.5. The zero-order chi connectivity index (χ0) is 22.9. The summed E-state index contributed by atoms with van der Waals surface area (Å²) in [5.41, 5.74) is 2.90. The van der Waals surface area contributed by atoms with Gasteiger partial charge in [0, 0.05) is 25.0 Å². The molecule has 0 bridgehead atoms. The Kier molecular flexibility index (Phi) is 8.28. The van der Waals surface area contributed by atoms with Gasteiger partial charge in [-0.25, -0.2) is 0 Å². The van der Waals surface area contributed by atoms with Gasteiger partial charge in [-0.1, -0.05) is 71.8 Å². The predicted octanol–water partition coefficient (Wildman–Crippen LogP) is 4.41. The number of ether oxygens (including phenoxy) is 1. The van der Waals surface area contributed by atoms with E-state index in [0.29, 0.717) is 17.2 Å².